The van der Waals surface area contributed by atoms with Crippen LogP contribution < -0.4 is 5.32 Å². The third-order valence-electron chi connectivity index (χ3n) is 9.15. The first-order valence-corrected chi connectivity index (χ1v) is 16.9. The number of aliphatic hydroxyl groups is 2. The maximum Gasteiger partial charge on any atom is 0.303 e. The van der Waals surface area contributed by atoms with E-state index in [1.54, 1.807) is 0 Å². The number of unbranched alkanes of at least 4 members (excludes halogenated alkanes) is 3. The second-order valence-corrected chi connectivity index (χ2v) is 13.1. The van der Waals surface area contributed by atoms with Crippen molar-refractivity contribution in [1.29, 1.82) is 0 Å². The van der Waals surface area contributed by atoms with Crippen LogP contribution in [-0.4, -0.2) is 57.8 Å². The van der Waals surface area contributed by atoms with E-state index in [-0.39, 0.29) is 31.1 Å². The SMILES string of the molecule is O=C(O)CCCCCCC(=O)Nc1ccc([C@H]2O[C@@H](CN3CCC(O)(c4ccc(Cl)cc4)CC3)C[C@@H](c3ccc(CO)cc3)O2)cc1. The summed E-state index contributed by atoms with van der Waals surface area (Å²) >= 11 is 6.06. The van der Waals surface area contributed by atoms with Gasteiger partial charge >= 0.3 is 5.97 Å². The monoisotopic (exact) mass is 664 g/mol. The van der Waals surface area contributed by atoms with Crippen LogP contribution in [0.25, 0.3) is 0 Å². The van der Waals surface area contributed by atoms with E-state index in [1.165, 1.54) is 0 Å². The number of ether oxygens (including phenoxy) is 2. The molecule has 4 N–H and O–H groups in total. The number of anilines is 1. The Hall–Kier alpha value is -3.31. The number of hydrogen-bond donors (Lipinski definition) is 4. The van der Waals surface area contributed by atoms with Crippen LogP contribution >= 0.6 is 11.6 Å². The van der Waals surface area contributed by atoms with Gasteiger partial charge in [-0.05, 0) is 66.6 Å². The summed E-state index contributed by atoms with van der Waals surface area (Å²) in [5, 5.41) is 33.2. The molecule has 0 spiro atoms. The fourth-order valence-electron chi connectivity index (χ4n) is 6.34. The van der Waals surface area contributed by atoms with Gasteiger partial charge in [-0.15, -0.1) is 0 Å². The molecule has 252 valence electrons. The minimum atomic E-state index is -0.879. The Bertz CT molecular complexity index is 1440. The average Bonchev–Trinajstić information content (AvgIpc) is 3.08. The van der Waals surface area contributed by atoms with Gasteiger partial charge in [-0.25, -0.2) is 0 Å². The van der Waals surface area contributed by atoms with Crippen LogP contribution in [0.5, 0.6) is 0 Å². The number of carboxylic acid groups (broad SMARTS) is 1. The molecule has 0 saturated carbocycles. The second-order valence-electron chi connectivity index (χ2n) is 12.7. The summed E-state index contributed by atoms with van der Waals surface area (Å²) in [5.41, 5.74) is 3.40. The first-order valence-electron chi connectivity index (χ1n) is 16.5. The average molecular weight is 665 g/mol. The highest BCUT2D eigenvalue weighted by Gasteiger charge is 2.37. The lowest BCUT2D eigenvalue weighted by atomic mass is 9.84. The molecule has 10 heteroatoms. The van der Waals surface area contributed by atoms with Crippen LogP contribution in [0.4, 0.5) is 5.69 Å². The summed E-state index contributed by atoms with van der Waals surface area (Å²) in [6.07, 6.45) is 4.47. The van der Waals surface area contributed by atoms with Gasteiger partial charge < -0.3 is 35.0 Å². The quantitative estimate of drug-likeness (QED) is 0.140. The molecule has 0 radical (unpaired) electrons. The standard InChI is InChI=1S/C37H45ClN2O7/c38-30-15-13-29(14-16-30)37(45)19-21-40(22-20-37)24-32-23-33(27-9-7-26(25-41)8-10-27)47-36(46-32)28-11-17-31(18-12-28)39-34(42)5-3-1-2-4-6-35(43)44/h7-18,32-33,36,41,45H,1-6,19-25H2,(H,39,42)(H,43,44)/t32-,33+,36+/m1/s1. The molecule has 0 aliphatic carbocycles. The third-order valence-corrected chi connectivity index (χ3v) is 9.40. The topological polar surface area (TPSA) is 129 Å². The lowest BCUT2D eigenvalue weighted by molar-refractivity contribution is -0.253. The Morgan fingerprint density at radius 3 is 2.13 bits per heavy atom. The zero-order valence-corrected chi connectivity index (χ0v) is 27.4. The highest BCUT2D eigenvalue weighted by molar-refractivity contribution is 6.30. The number of nitrogens with zero attached hydrogens (tertiary/aromatic N) is 1. The minimum absolute atomic E-state index is 0.0207. The Morgan fingerprint density at radius 2 is 1.49 bits per heavy atom. The molecule has 3 aromatic rings. The van der Waals surface area contributed by atoms with Crippen LogP contribution in [0.2, 0.25) is 5.02 Å². The molecule has 47 heavy (non-hydrogen) atoms. The summed E-state index contributed by atoms with van der Waals surface area (Å²) in [6, 6.07) is 22.8. The molecular weight excluding hydrogens is 620 g/mol. The summed E-state index contributed by atoms with van der Waals surface area (Å²) in [7, 11) is 0. The van der Waals surface area contributed by atoms with Crippen molar-refractivity contribution in [2.24, 2.45) is 0 Å². The van der Waals surface area contributed by atoms with E-state index in [2.05, 4.69) is 10.2 Å². The van der Waals surface area contributed by atoms with Crippen molar-refractivity contribution >= 4 is 29.2 Å². The number of likely N-dealkylation sites (tertiary alicyclic amines) is 1. The largest absolute Gasteiger partial charge is 0.481 e. The van der Waals surface area contributed by atoms with E-state index in [1.807, 2.05) is 72.8 Å². The van der Waals surface area contributed by atoms with Crippen LogP contribution in [-0.2, 0) is 31.3 Å². The molecule has 9 nitrogen and oxygen atoms in total. The Morgan fingerprint density at radius 1 is 0.851 bits per heavy atom. The van der Waals surface area contributed by atoms with Gasteiger partial charge in [0.15, 0.2) is 6.29 Å². The van der Waals surface area contributed by atoms with Crippen molar-refractivity contribution in [3.05, 3.63) is 100 Å². The number of carbonyl (C=O) groups excluding carboxylic acids is 1. The number of nitrogens with one attached hydrogen (secondary N) is 1. The first-order chi connectivity index (χ1) is 22.7. The maximum atomic E-state index is 12.5. The van der Waals surface area contributed by atoms with E-state index in [9.17, 15) is 19.8 Å². The molecule has 3 aromatic carbocycles. The lowest BCUT2D eigenvalue weighted by Gasteiger charge is -2.42. The Balaban J connectivity index is 1.19. The highest BCUT2D eigenvalue weighted by Crippen LogP contribution is 2.39. The van der Waals surface area contributed by atoms with E-state index >= 15 is 0 Å². The molecule has 1 amide bonds. The number of halogens is 1. The van der Waals surface area contributed by atoms with Gasteiger partial charge in [-0.2, -0.15) is 0 Å². The summed E-state index contributed by atoms with van der Waals surface area (Å²) in [5.74, 6) is -0.860. The number of aliphatic carboxylic acids is 1. The Kier molecular flexibility index (Phi) is 12.4. The number of amides is 1. The van der Waals surface area contributed by atoms with Gasteiger partial charge in [0.05, 0.1) is 24.4 Å². The smallest absolute Gasteiger partial charge is 0.303 e. The van der Waals surface area contributed by atoms with Crippen LogP contribution in [0.3, 0.4) is 0 Å². The number of benzene rings is 3. The van der Waals surface area contributed by atoms with Gasteiger partial charge in [0.1, 0.15) is 0 Å². The molecule has 2 aliphatic rings. The maximum absolute atomic E-state index is 12.5. The summed E-state index contributed by atoms with van der Waals surface area (Å²) in [6.45, 7) is 2.15. The highest BCUT2D eigenvalue weighted by atomic mass is 35.5. The fourth-order valence-corrected chi connectivity index (χ4v) is 6.46. The number of carbonyl (C=O) groups is 2. The number of hydrogen-bond acceptors (Lipinski definition) is 7. The van der Waals surface area contributed by atoms with Crippen molar-refractivity contribution < 1.29 is 34.4 Å². The van der Waals surface area contributed by atoms with Crippen molar-refractivity contribution in [3.8, 4) is 0 Å². The fraction of sp³-hybridized carbons (Fsp3) is 0.459. The second kappa shape index (κ2) is 16.7. The molecule has 2 fully saturated rings. The van der Waals surface area contributed by atoms with Crippen molar-refractivity contribution in [1.82, 2.24) is 4.90 Å². The molecule has 2 saturated heterocycles. The van der Waals surface area contributed by atoms with Crippen LogP contribution in [0, 0.1) is 0 Å². The van der Waals surface area contributed by atoms with E-state index in [0.29, 0.717) is 55.8 Å². The van der Waals surface area contributed by atoms with Crippen molar-refractivity contribution in [2.45, 2.75) is 88.5 Å². The van der Waals surface area contributed by atoms with E-state index in [4.69, 9.17) is 26.2 Å². The molecule has 0 bridgehead atoms. The zero-order chi connectivity index (χ0) is 33.2. The number of aliphatic hydroxyl groups excluding tert-OH is 1. The molecule has 3 atom stereocenters. The molecule has 5 rings (SSSR count). The number of rotatable bonds is 14. The molecule has 2 aliphatic heterocycles. The first kappa shape index (κ1) is 35.0. The molecular formula is C37H45ClN2O7. The third kappa shape index (κ3) is 10.1. The predicted molar refractivity (Wildman–Crippen MR) is 180 cm³/mol. The Labute approximate surface area is 281 Å². The zero-order valence-electron chi connectivity index (χ0n) is 26.7. The van der Waals surface area contributed by atoms with Gasteiger partial charge in [0.25, 0.3) is 0 Å². The normalized spacial score (nSPS) is 21.3. The lowest BCUT2D eigenvalue weighted by Crippen LogP contribution is -2.46. The van der Waals surface area contributed by atoms with Crippen molar-refractivity contribution in [2.75, 3.05) is 25.0 Å². The molecule has 0 unspecified atom stereocenters. The number of piperidine rings is 1. The van der Waals surface area contributed by atoms with Gasteiger partial charge in [0.2, 0.25) is 5.91 Å². The predicted octanol–water partition coefficient (Wildman–Crippen LogP) is 6.73. The van der Waals surface area contributed by atoms with Gasteiger partial charge in [0, 0.05) is 55.2 Å². The minimum Gasteiger partial charge on any atom is -0.481 e. The summed E-state index contributed by atoms with van der Waals surface area (Å²) in [4.78, 5) is 25.4. The van der Waals surface area contributed by atoms with Gasteiger partial charge in [-0.3, -0.25) is 9.59 Å². The van der Waals surface area contributed by atoms with Crippen LogP contribution in [0.1, 0.15) is 92.4 Å². The van der Waals surface area contributed by atoms with E-state index < -0.39 is 17.9 Å². The number of carboxylic acids is 1. The van der Waals surface area contributed by atoms with Crippen LogP contribution in [0.15, 0.2) is 72.8 Å². The van der Waals surface area contributed by atoms with Gasteiger partial charge in [-0.1, -0.05) is 73.0 Å². The van der Waals surface area contributed by atoms with E-state index in [0.717, 1.165) is 48.2 Å². The summed E-state index contributed by atoms with van der Waals surface area (Å²) < 4.78 is 13.0. The molecule has 2 heterocycles. The van der Waals surface area contributed by atoms with Crippen molar-refractivity contribution in [3.63, 3.8) is 0 Å². The molecule has 0 aromatic heterocycles.